The van der Waals surface area contributed by atoms with Gasteiger partial charge in [0.15, 0.2) is 5.13 Å². The molecule has 1 aromatic heterocycles. The maximum absolute atomic E-state index is 13.7. The summed E-state index contributed by atoms with van der Waals surface area (Å²) in [5.74, 6) is -1.44. The first-order chi connectivity index (χ1) is 13.5. The second-order valence-electron chi connectivity index (χ2n) is 7.18. The highest BCUT2D eigenvalue weighted by atomic mass is 32.1. The molecular formula is C21H21F2N3OS. The van der Waals surface area contributed by atoms with Crippen LogP contribution in [0.25, 0.3) is 10.2 Å². The Labute approximate surface area is 166 Å². The number of carbonyl (C=O) groups is 1. The molecule has 1 aliphatic rings. The van der Waals surface area contributed by atoms with E-state index < -0.39 is 11.6 Å². The number of hydrogen-bond donors (Lipinski definition) is 1. The number of carbonyl (C=O) groups excluding carboxylic acids is 1. The minimum absolute atomic E-state index is 0.0718. The van der Waals surface area contributed by atoms with Gasteiger partial charge in [0.1, 0.15) is 11.6 Å². The van der Waals surface area contributed by atoms with E-state index in [4.69, 9.17) is 4.98 Å². The molecule has 1 N–H and O–H groups in total. The van der Waals surface area contributed by atoms with Crippen molar-refractivity contribution in [3.05, 3.63) is 59.2 Å². The van der Waals surface area contributed by atoms with Crippen molar-refractivity contribution in [2.45, 2.75) is 26.3 Å². The van der Waals surface area contributed by atoms with Crippen molar-refractivity contribution < 1.29 is 13.6 Å². The van der Waals surface area contributed by atoms with Crippen LogP contribution in [-0.4, -0.2) is 24.0 Å². The van der Waals surface area contributed by atoms with Crippen LogP contribution in [0, 0.1) is 24.5 Å². The van der Waals surface area contributed by atoms with Gasteiger partial charge in [0, 0.05) is 37.2 Å². The summed E-state index contributed by atoms with van der Waals surface area (Å²) in [4.78, 5) is 19.4. The Morgan fingerprint density at radius 1 is 1.21 bits per heavy atom. The summed E-state index contributed by atoms with van der Waals surface area (Å²) < 4.78 is 27.8. The Morgan fingerprint density at radius 3 is 2.75 bits per heavy atom. The number of amides is 1. The minimum atomic E-state index is -0.638. The zero-order valence-electron chi connectivity index (χ0n) is 15.5. The predicted molar refractivity (Wildman–Crippen MR) is 107 cm³/mol. The molecule has 1 fully saturated rings. The number of fused-ring (bicyclic) bond motifs is 1. The Kier molecular flexibility index (Phi) is 5.26. The molecule has 0 atom stereocenters. The molecule has 4 rings (SSSR count). The van der Waals surface area contributed by atoms with Crippen LogP contribution in [0.1, 0.15) is 24.0 Å². The standard InChI is InChI=1S/C21H21F2N3OS/c1-13-2-5-18-19(10-13)28-21(25-18)26-8-6-14(7-9-26)20(27)24-12-15-3-4-16(22)11-17(15)23/h2-5,10-11,14H,6-9,12H2,1H3,(H,24,27). The van der Waals surface area contributed by atoms with Gasteiger partial charge in [-0.05, 0) is 43.5 Å². The lowest BCUT2D eigenvalue weighted by Crippen LogP contribution is -2.40. The summed E-state index contributed by atoms with van der Waals surface area (Å²) in [6, 6.07) is 9.64. The Balaban J connectivity index is 1.33. The molecule has 7 heteroatoms. The number of thiazole rings is 1. The van der Waals surface area contributed by atoms with E-state index in [2.05, 4.69) is 29.3 Å². The fraction of sp³-hybridized carbons (Fsp3) is 0.333. The van der Waals surface area contributed by atoms with Gasteiger partial charge >= 0.3 is 0 Å². The molecule has 0 unspecified atom stereocenters. The van der Waals surface area contributed by atoms with E-state index in [1.807, 2.05) is 6.07 Å². The minimum Gasteiger partial charge on any atom is -0.352 e. The maximum atomic E-state index is 13.7. The van der Waals surface area contributed by atoms with Gasteiger partial charge in [-0.1, -0.05) is 23.5 Å². The van der Waals surface area contributed by atoms with Crippen molar-refractivity contribution in [1.29, 1.82) is 0 Å². The average Bonchev–Trinajstić information content (AvgIpc) is 3.10. The summed E-state index contributed by atoms with van der Waals surface area (Å²) in [5.41, 5.74) is 2.51. The van der Waals surface area contributed by atoms with E-state index in [0.717, 1.165) is 42.6 Å². The third-order valence-corrected chi connectivity index (χ3v) is 6.22. The average molecular weight is 401 g/mol. The first-order valence-corrected chi connectivity index (χ1v) is 10.1. The fourth-order valence-corrected chi connectivity index (χ4v) is 4.60. The number of nitrogens with zero attached hydrogens (tertiary/aromatic N) is 2. The molecule has 1 saturated heterocycles. The lowest BCUT2D eigenvalue weighted by Gasteiger charge is -2.31. The highest BCUT2D eigenvalue weighted by molar-refractivity contribution is 7.22. The monoisotopic (exact) mass is 401 g/mol. The summed E-state index contributed by atoms with van der Waals surface area (Å²) in [5, 5.41) is 3.77. The van der Waals surface area contributed by atoms with E-state index in [-0.39, 0.29) is 23.9 Å². The molecule has 28 heavy (non-hydrogen) atoms. The van der Waals surface area contributed by atoms with Crippen LogP contribution in [-0.2, 0) is 11.3 Å². The number of halogens is 2. The number of anilines is 1. The molecule has 2 heterocycles. The Bertz CT molecular complexity index is 1010. The molecule has 0 spiro atoms. The van der Waals surface area contributed by atoms with Crippen LogP contribution in [0.3, 0.4) is 0 Å². The summed E-state index contributed by atoms with van der Waals surface area (Å²) in [6.07, 6.45) is 1.46. The van der Waals surface area contributed by atoms with Crippen LogP contribution in [0.2, 0.25) is 0 Å². The first-order valence-electron chi connectivity index (χ1n) is 9.33. The summed E-state index contributed by atoms with van der Waals surface area (Å²) in [6.45, 7) is 3.67. The summed E-state index contributed by atoms with van der Waals surface area (Å²) in [7, 11) is 0. The second-order valence-corrected chi connectivity index (χ2v) is 8.19. The van der Waals surface area contributed by atoms with Gasteiger partial charge in [-0.2, -0.15) is 0 Å². The number of rotatable bonds is 4. The van der Waals surface area contributed by atoms with Crippen molar-refractivity contribution in [3.63, 3.8) is 0 Å². The molecular weight excluding hydrogens is 380 g/mol. The van der Waals surface area contributed by atoms with Crippen molar-refractivity contribution in [1.82, 2.24) is 10.3 Å². The summed E-state index contributed by atoms with van der Waals surface area (Å²) >= 11 is 1.68. The number of piperidine rings is 1. The molecule has 3 aromatic rings. The zero-order valence-corrected chi connectivity index (χ0v) is 16.4. The largest absolute Gasteiger partial charge is 0.352 e. The molecule has 0 bridgehead atoms. The van der Waals surface area contributed by atoms with Crippen molar-refractivity contribution >= 4 is 32.6 Å². The van der Waals surface area contributed by atoms with Crippen molar-refractivity contribution in [3.8, 4) is 0 Å². The van der Waals surface area contributed by atoms with E-state index in [1.165, 1.54) is 22.4 Å². The van der Waals surface area contributed by atoms with Crippen LogP contribution < -0.4 is 10.2 Å². The van der Waals surface area contributed by atoms with Crippen molar-refractivity contribution in [2.24, 2.45) is 5.92 Å². The zero-order chi connectivity index (χ0) is 19.7. The molecule has 2 aromatic carbocycles. The van der Waals surface area contributed by atoms with Gasteiger partial charge in [0.05, 0.1) is 10.2 Å². The highest BCUT2D eigenvalue weighted by Crippen LogP contribution is 2.32. The van der Waals surface area contributed by atoms with E-state index in [9.17, 15) is 13.6 Å². The van der Waals surface area contributed by atoms with E-state index >= 15 is 0 Å². The van der Waals surface area contributed by atoms with Crippen LogP contribution in [0.5, 0.6) is 0 Å². The molecule has 0 radical (unpaired) electrons. The van der Waals surface area contributed by atoms with Crippen LogP contribution in [0.15, 0.2) is 36.4 Å². The maximum Gasteiger partial charge on any atom is 0.223 e. The van der Waals surface area contributed by atoms with Crippen LogP contribution in [0.4, 0.5) is 13.9 Å². The molecule has 0 aliphatic carbocycles. The van der Waals surface area contributed by atoms with Gasteiger partial charge in [0.2, 0.25) is 5.91 Å². The molecule has 1 aliphatic heterocycles. The van der Waals surface area contributed by atoms with Crippen molar-refractivity contribution in [2.75, 3.05) is 18.0 Å². The van der Waals surface area contributed by atoms with Gasteiger partial charge in [-0.3, -0.25) is 4.79 Å². The molecule has 0 saturated carbocycles. The SMILES string of the molecule is Cc1ccc2nc(N3CCC(C(=O)NCc4ccc(F)cc4F)CC3)sc2c1. The number of aromatic nitrogens is 1. The van der Waals surface area contributed by atoms with E-state index in [0.29, 0.717) is 0 Å². The second kappa shape index (κ2) is 7.83. The lowest BCUT2D eigenvalue weighted by atomic mass is 9.96. The normalized spacial score (nSPS) is 15.2. The fourth-order valence-electron chi connectivity index (χ4n) is 3.48. The lowest BCUT2D eigenvalue weighted by molar-refractivity contribution is -0.125. The first kappa shape index (κ1) is 18.8. The highest BCUT2D eigenvalue weighted by Gasteiger charge is 2.26. The topological polar surface area (TPSA) is 45.2 Å². The number of aryl methyl sites for hydroxylation is 1. The molecule has 146 valence electrons. The number of nitrogens with one attached hydrogen (secondary N) is 1. The third-order valence-electron chi connectivity index (χ3n) is 5.14. The molecule has 4 nitrogen and oxygen atoms in total. The van der Waals surface area contributed by atoms with Gasteiger partial charge < -0.3 is 10.2 Å². The third kappa shape index (κ3) is 3.99. The van der Waals surface area contributed by atoms with Gasteiger partial charge in [-0.15, -0.1) is 0 Å². The quantitative estimate of drug-likeness (QED) is 0.704. The predicted octanol–water partition coefficient (Wildman–Crippen LogP) is 4.42. The van der Waals surface area contributed by atoms with Gasteiger partial charge in [0.25, 0.3) is 0 Å². The van der Waals surface area contributed by atoms with Gasteiger partial charge in [-0.25, -0.2) is 13.8 Å². The Hall–Kier alpha value is -2.54. The number of benzene rings is 2. The van der Waals surface area contributed by atoms with Crippen LogP contribution >= 0.6 is 11.3 Å². The van der Waals surface area contributed by atoms with E-state index in [1.54, 1.807) is 11.3 Å². The Morgan fingerprint density at radius 2 is 2.00 bits per heavy atom. The smallest absolute Gasteiger partial charge is 0.223 e. The molecule has 1 amide bonds. The number of hydrogen-bond acceptors (Lipinski definition) is 4.